The molecule has 1 aliphatic carbocycles. The molecule has 1 heterocycles. The van der Waals surface area contributed by atoms with Crippen molar-refractivity contribution in [2.45, 2.75) is 64.1 Å². The van der Waals surface area contributed by atoms with Gasteiger partial charge >= 0.3 is 0 Å². The number of hydrogen-bond donors (Lipinski definition) is 2. The number of aliphatic hydroxyl groups is 1. The summed E-state index contributed by atoms with van der Waals surface area (Å²) in [5, 5.41) is 11.1. The fourth-order valence-electron chi connectivity index (χ4n) is 3.69. The van der Waals surface area contributed by atoms with Crippen molar-refractivity contribution in [3.63, 3.8) is 0 Å². The van der Waals surface area contributed by atoms with E-state index in [0.29, 0.717) is 19.1 Å². The summed E-state index contributed by atoms with van der Waals surface area (Å²) >= 11 is 0. The molecule has 1 saturated carbocycles. The third-order valence-electron chi connectivity index (χ3n) is 5.07. The van der Waals surface area contributed by atoms with Crippen molar-refractivity contribution in [2.75, 3.05) is 13.2 Å². The number of hydrogen-bond acceptors (Lipinski definition) is 3. The van der Waals surface area contributed by atoms with E-state index in [1.54, 1.807) is 0 Å². The molecule has 3 N–H and O–H groups in total. The molecule has 1 saturated heterocycles. The van der Waals surface area contributed by atoms with E-state index >= 15 is 0 Å². The monoisotopic (exact) mass is 241 g/mol. The molecule has 2 fully saturated rings. The van der Waals surface area contributed by atoms with Crippen LogP contribution in [0.25, 0.3) is 0 Å². The topological polar surface area (TPSA) is 55.5 Å². The lowest BCUT2D eigenvalue weighted by Gasteiger charge is -2.49. The van der Waals surface area contributed by atoms with Gasteiger partial charge in [-0.2, -0.15) is 0 Å². The number of rotatable bonds is 3. The van der Waals surface area contributed by atoms with Crippen LogP contribution in [0.4, 0.5) is 0 Å². The van der Waals surface area contributed by atoms with Gasteiger partial charge in [0.25, 0.3) is 0 Å². The van der Waals surface area contributed by atoms with E-state index in [-0.39, 0.29) is 11.5 Å². The largest absolute Gasteiger partial charge is 0.389 e. The Morgan fingerprint density at radius 3 is 2.47 bits per heavy atom. The Bertz CT molecular complexity index is 261. The maximum absolute atomic E-state index is 11.1. The highest BCUT2D eigenvalue weighted by Crippen LogP contribution is 2.51. The summed E-state index contributed by atoms with van der Waals surface area (Å²) in [5.74, 6) is 0.470. The second-order valence-electron chi connectivity index (χ2n) is 6.33. The van der Waals surface area contributed by atoms with Crippen molar-refractivity contribution in [3.8, 4) is 0 Å². The Morgan fingerprint density at radius 1 is 1.29 bits per heavy atom. The number of ether oxygens (including phenoxy) is 1. The second-order valence-corrected chi connectivity index (χ2v) is 6.33. The molecule has 1 aliphatic heterocycles. The molecule has 0 amide bonds. The molecule has 2 rings (SSSR count). The summed E-state index contributed by atoms with van der Waals surface area (Å²) in [7, 11) is 0. The predicted octanol–water partition coefficient (Wildman–Crippen LogP) is 2.07. The predicted molar refractivity (Wildman–Crippen MR) is 68.7 cm³/mol. The smallest absolute Gasteiger partial charge is 0.0762 e. The Morgan fingerprint density at radius 2 is 1.94 bits per heavy atom. The van der Waals surface area contributed by atoms with Crippen LogP contribution >= 0.6 is 0 Å². The van der Waals surface area contributed by atoms with Crippen molar-refractivity contribution in [1.29, 1.82) is 0 Å². The maximum atomic E-state index is 11.1. The Kier molecular flexibility index (Phi) is 3.81. The Balaban J connectivity index is 2.16. The maximum Gasteiger partial charge on any atom is 0.0762 e. The molecule has 3 heteroatoms. The van der Waals surface area contributed by atoms with E-state index in [2.05, 4.69) is 13.8 Å². The highest BCUT2D eigenvalue weighted by molar-refractivity contribution is 5.04. The Hall–Kier alpha value is -0.120. The van der Waals surface area contributed by atoms with Gasteiger partial charge in [-0.05, 0) is 18.8 Å². The minimum atomic E-state index is -0.592. The first kappa shape index (κ1) is 13.3. The summed E-state index contributed by atoms with van der Waals surface area (Å²) in [5.41, 5.74) is 5.38. The molecule has 0 aromatic heterocycles. The molecular formula is C14H27NO2. The molecule has 2 unspecified atom stereocenters. The van der Waals surface area contributed by atoms with Crippen LogP contribution in [0.1, 0.15) is 52.4 Å². The normalized spacial score (nSPS) is 37.6. The molecule has 2 atom stereocenters. The summed E-state index contributed by atoms with van der Waals surface area (Å²) in [6.07, 6.45) is 6.32. The third kappa shape index (κ3) is 2.25. The van der Waals surface area contributed by atoms with Gasteiger partial charge in [0.2, 0.25) is 0 Å². The van der Waals surface area contributed by atoms with Gasteiger partial charge in [-0.1, -0.05) is 26.7 Å². The lowest BCUT2D eigenvalue weighted by molar-refractivity contribution is -0.172. The van der Waals surface area contributed by atoms with E-state index in [0.717, 1.165) is 25.7 Å². The molecule has 3 nitrogen and oxygen atoms in total. The van der Waals surface area contributed by atoms with Crippen molar-refractivity contribution in [2.24, 2.45) is 17.1 Å². The fourth-order valence-corrected chi connectivity index (χ4v) is 3.69. The van der Waals surface area contributed by atoms with Crippen LogP contribution in [-0.4, -0.2) is 30.0 Å². The molecule has 0 spiro atoms. The lowest BCUT2D eigenvalue weighted by atomic mass is 9.65. The van der Waals surface area contributed by atoms with Gasteiger partial charge in [0.15, 0.2) is 0 Å². The van der Waals surface area contributed by atoms with Crippen LogP contribution in [0, 0.1) is 11.3 Å². The van der Waals surface area contributed by atoms with Gasteiger partial charge in [-0.15, -0.1) is 0 Å². The summed E-state index contributed by atoms with van der Waals surface area (Å²) < 4.78 is 5.78. The van der Waals surface area contributed by atoms with Crippen molar-refractivity contribution < 1.29 is 9.84 Å². The van der Waals surface area contributed by atoms with Gasteiger partial charge in [0.1, 0.15) is 0 Å². The van der Waals surface area contributed by atoms with Crippen LogP contribution in [0.5, 0.6) is 0 Å². The quantitative estimate of drug-likeness (QED) is 0.795. The molecule has 0 radical (unpaired) electrons. The standard InChI is InChI=1S/C14H27NO2/c1-11(2)12-9-14(16,7-8-17-12)13(10-15)5-3-4-6-13/h11-12,16H,3-10,15H2,1-2H3. The average molecular weight is 241 g/mol. The first-order valence-corrected chi connectivity index (χ1v) is 7.07. The van der Waals surface area contributed by atoms with E-state index in [9.17, 15) is 5.11 Å². The first-order valence-electron chi connectivity index (χ1n) is 7.07. The van der Waals surface area contributed by atoms with Gasteiger partial charge in [-0.3, -0.25) is 0 Å². The minimum Gasteiger partial charge on any atom is -0.389 e. The number of nitrogens with two attached hydrogens (primary N) is 1. The summed E-state index contributed by atoms with van der Waals surface area (Å²) in [6.45, 7) is 5.63. The zero-order valence-corrected chi connectivity index (χ0v) is 11.2. The summed E-state index contributed by atoms with van der Waals surface area (Å²) in [6, 6.07) is 0. The summed E-state index contributed by atoms with van der Waals surface area (Å²) in [4.78, 5) is 0. The second kappa shape index (κ2) is 4.87. The van der Waals surface area contributed by atoms with Gasteiger partial charge in [0.05, 0.1) is 11.7 Å². The molecule has 17 heavy (non-hydrogen) atoms. The van der Waals surface area contributed by atoms with Crippen LogP contribution in [0.15, 0.2) is 0 Å². The SMILES string of the molecule is CC(C)C1CC(O)(C2(CN)CCCC2)CCO1. The fraction of sp³-hybridized carbons (Fsp3) is 1.00. The van der Waals surface area contributed by atoms with Crippen molar-refractivity contribution in [1.82, 2.24) is 0 Å². The van der Waals surface area contributed by atoms with Crippen LogP contribution in [0.2, 0.25) is 0 Å². The lowest BCUT2D eigenvalue weighted by Crippen LogP contribution is -2.56. The van der Waals surface area contributed by atoms with Crippen LogP contribution in [-0.2, 0) is 4.74 Å². The van der Waals surface area contributed by atoms with Crippen LogP contribution < -0.4 is 5.73 Å². The zero-order chi connectivity index (χ0) is 12.5. The molecule has 0 aromatic carbocycles. The van der Waals surface area contributed by atoms with Crippen LogP contribution in [0.3, 0.4) is 0 Å². The van der Waals surface area contributed by atoms with E-state index in [1.165, 1.54) is 12.8 Å². The molecule has 0 bridgehead atoms. The van der Waals surface area contributed by atoms with Gasteiger partial charge in [-0.25, -0.2) is 0 Å². The molecule has 0 aromatic rings. The highest BCUT2D eigenvalue weighted by Gasteiger charge is 2.53. The Labute approximate surface area is 105 Å². The van der Waals surface area contributed by atoms with Crippen molar-refractivity contribution >= 4 is 0 Å². The average Bonchev–Trinajstić information content (AvgIpc) is 2.79. The van der Waals surface area contributed by atoms with E-state index < -0.39 is 5.60 Å². The van der Waals surface area contributed by atoms with E-state index in [1.807, 2.05) is 0 Å². The minimum absolute atomic E-state index is 0.0378. The third-order valence-corrected chi connectivity index (χ3v) is 5.07. The highest BCUT2D eigenvalue weighted by atomic mass is 16.5. The van der Waals surface area contributed by atoms with Gasteiger partial charge < -0.3 is 15.6 Å². The molecule has 100 valence electrons. The molecule has 2 aliphatic rings. The molecular weight excluding hydrogens is 214 g/mol. The van der Waals surface area contributed by atoms with Gasteiger partial charge in [0, 0.05) is 31.4 Å². The van der Waals surface area contributed by atoms with E-state index in [4.69, 9.17) is 10.5 Å². The zero-order valence-electron chi connectivity index (χ0n) is 11.2. The van der Waals surface area contributed by atoms with Crippen molar-refractivity contribution in [3.05, 3.63) is 0 Å². The first-order chi connectivity index (χ1) is 8.03.